The number of hydrogen-bond acceptors (Lipinski definition) is 4. The van der Waals surface area contributed by atoms with Gasteiger partial charge in [0.1, 0.15) is 5.82 Å². The Hall–Kier alpha value is -1.42. The smallest absolute Gasteiger partial charge is 0.127 e. The van der Waals surface area contributed by atoms with Gasteiger partial charge in [-0.2, -0.15) is 0 Å². The molecule has 17 heavy (non-hydrogen) atoms. The van der Waals surface area contributed by atoms with Crippen molar-refractivity contribution < 1.29 is 4.74 Å². The first-order valence-corrected chi connectivity index (χ1v) is 5.88. The molecule has 0 bridgehead atoms. The molecule has 0 aromatic rings. The first kappa shape index (κ1) is 15.6. The van der Waals surface area contributed by atoms with Gasteiger partial charge < -0.3 is 15.5 Å². The van der Waals surface area contributed by atoms with E-state index in [1.54, 1.807) is 12.2 Å². The molecule has 4 heteroatoms. The van der Waals surface area contributed by atoms with Crippen molar-refractivity contribution in [2.75, 3.05) is 13.2 Å². The third-order valence-electron chi connectivity index (χ3n) is 2.10. The number of hydrogen-bond donors (Lipinski definition) is 2. The van der Waals surface area contributed by atoms with Gasteiger partial charge in [-0.25, -0.2) is 4.99 Å². The van der Waals surface area contributed by atoms with Crippen LogP contribution in [0.4, 0.5) is 0 Å². The average molecular weight is 237 g/mol. The first-order valence-electron chi connectivity index (χ1n) is 5.88. The summed E-state index contributed by atoms with van der Waals surface area (Å²) >= 11 is 0. The molecule has 0 rings (SSSR count). The molecule has 0 radical (unpaired) electrons. The minimum absolute atomic E-state index is 0.247. The summed E-state index contributed by atoms with van der Waals surface area (Å²) in [7, 11) is 0. The third kappa shape index (κ3) is 8.39. The van der Waals surface area contributed by atoms with Gasteiger partial charge >= 0.3 is 0 Å². The van der Waals surface area contributed by atoms with Crippen LogP contribution < -0.4 is 5.32 Å². The van der Waals surface area contributed by atoms with Crippen molar-refractivity contribution in [3.63, 3.8) is 0 Å². The maximum absolute atomic E-state index is 7.62. The Balaban J connectivity index is 4.20. The van der Waals surface area contributed by atoms with Crippen molar-refractivity contribution in [2.45, 2.75) is 33.2 Å². The molecule has 0 heterocycles. The lowest BCUT2D eigenvalue weighted by molar-refractivity contribution is 0.139. The molecule has 0 saturated carbocycles. The summed E-state index contributed by atoms with van der Waals surface area (Å²) < 4.78 is 5.28. The average Bonchev–Trinajstić information content (AvgIpc) is 2.28. The summed E-state index contributed by atoms with van der Waals surface area (Å²) in [5, 5.41) is 10.8. The Kier molecular flexibility index (Phi) is 8.96. The highest BCUT2D eigenvalue weighted by molar-refractivity contribution is 6.01. The van der Waals surface area contributed by atoms with Gasteiger partial charge in [-0.15, -0.1) is 0 Å². The van der Waals surface area contributed by atoms with Gasteiger partial charge in [0.2, 0.25) is 0 Å². The normalized spacial score (nSPS) is 13.7. The molecule has 1 atom stereocenters. The maximum atomic E-state index is 7.62. The van der Waals surface area contributed by atoms with Crippen LogP contribution in [-0.4, -0.2) is 31.7 Å². The van der Waals surface area contributed by atoms with E-state index in [0.717, 1.165) is 19.6 Å². The number of ether oxygens (including phenoxy) is 1. The molecule has 4 nitrogen and oxygen atoms in total. The Labute approximate surface area is 104 Å². The molecular weight excluding hydrogens is 214 g/mol. The van der Waals surface area contributed by atoms with Gasteiger partial charge in [0, 0.05) is 25.3 Å². The minimum atomic E-state index is 0.247. The second-order valence-electron chi connectivity index (χ2n) is 3.67. The Morgan fingerprint density at radius 2 is 2.29 bits per heavy atom. The Bertz CT molecular complexity index is 295. The van der Waals surface area contributed by atoms with Crippen molar-refractivity contribution in [3.05, 3.63) is 24.0 Å². The fourth-order valence-electron chi connectivity index (χ4n) is 1.24. The minimum Gasteiger partial charge on any atom is -0.382 e. The number of nitrogens with zero attached hydrogens (tertiary/aromatic N) is 1. The third-order valence-corrected chi connectivity index (χ3v) is 2.10. The van der Waals surface area contributed by atoms with Crippen LogP contribution >= 0.6 is 0 Å². The van der Waals surface area contributed by atoms with Gasteiger partial charge in [-0.05, 0) is 40.0 Å². The molecule has 0 aliphatic rings. The standard InChI is InChI=1S/C13H23N3O/c1-5-7-12(14)10-13(15-4)16-11(3)8-9-17-6-2/h5,7,10-11,14,16H,4,6,8-9H2,1-3H3/b7-5-,13-10+,14-12?. The van der Waals surface area contributed by atoms with Crippen molar-refractivity contribution in [3.8, 4) is 0 Å². The van der Waals surface area contributed by atoms with E-state index in [2.05, 4.69) is 24.0 Å². The quantitative estimate of drug-likeness (QED) is 0.478. The number of aliphatic imine (C=N–C) groups is 1. The highest BCUT2D eigenvalue weighted by Crippen LogP contribution is 1.99. The van der Waals surface area contributed by atoms with E-state index >= 15 is 0 Å². The van der Waals surface area contributed by atoms with Gasteiger partial charge in [0.05, 0.1) is 5.71 Å². The zero-order valence-corrected chi connectivity index (χ0v) is 11.0. The van der Waals surface area contributed by atoms with Crippen LogP contribution in [0.15, 0.2) is 29.0 Å². The van der Waals surface area contributed by atoms with Gasteiger partial charge in [0.25, 0.3) is 0 Å². The summed E-state index contributed by atoms with van der Waals surface area (Å²) in [6.45, 7) is 10.9. The molecule has 0 aliphatic carbocycles. The SMILES string of the molecule is C=N/C(=C\C(=N)/C=C\C)NC(C)CCOCC. The lowest BCUT2D eigenvalue weighted by Gasteiger charge is -2.14. The van der Waals surface area contributed by atoms with Gasteiger partial charge in [-0.3, -0.25) is 0 Å². The van der Waals surface area contributed by atoms with E-state index < -0.39 is 0 Å². The second kappa shape index (κ2) is 9.78. The van der Waals surface area contributed by atoms with Crippen molar-refractivity contribution in [1.82, 2.24) is 5.32 Å². The van der Waals surface area contributed by atoms with Crippen LogP contribution in [0.1, 0.15) is 27.2 Å². The van der Waals surface area contributed by atoms with E-state index in [1.165, 1.54) is 0 Å². The molecule has 0 amide bonds. The number of nitrogens with one attached hydrogen (secondary N) is 2. The summed E-state index contributed by atoms with van der Waals surface area (Å²) in [6, 6.07) is 0.247. The molecule has 0 fully saturated rings. The van der Waals surface area contributed by atoms with Crippen molar-refractivity contribution in [2.24, 2.45) is 4.99 Å². The van der Waals surface area contributed by atoms with E-state index in [1.807, 2.05) is 19.9 Å². The van der Waals surface area contributed by atoms with E-state index in [-0.39, 0.29) is 6.04 Å². The molecule has 0 aromatic carbocycles. The molecule has 96 valence electrons. The van der Waals surface area contributed by atoms with Crippen LogP contribution in [-0.2, 0) is 4.74 Å². The lowest BCUT2D eigenvalue weighted by atomic mass is 10.2. The van der Waals surface area contributed by atoms with Gasteiger partial charge in [-0.1, -0.05) is 6.08 Å². The largest absolute Gasteiger partial charge is 0.382 e. The topological polar surface area (TPSA) is 57.5 Å². The van der Waals surface area contributed by atoms with Crippen LogP contribution in [0.5, 0.6) is 0 Å². The summed E-state index contributed by atoms with van der Waals surface area (Å²) in [5.74, 6) is 0.622. The highest BCUT2D eigenvalue weighted by atomic mass is 16.5. The fraction of sp³-hybridized carbons (Fsp3) is 0.538. The predicted octanol–water partition coefficient (Wildman–Crippen LogP) is 2.53. The molecule has 1 unspecified atom stereocenters. The lowest BCUT2D eigenvalue weighted by Crippen LogP contribution is -2.26. The van der Waals surface area contributed by atoms with E-state index in [4.69, 9.17) is 10.1 Å². The van der Waals surface area contributed by atoms with Crippen LogP contribution in [0.2, 0.25) is 0 Å². The molecule has 0 saturated heterocycles. The number of rotatable bonds is 9. The molecule has 0 aliphatic heterocycles. The monoisotopic (exact) mass is 237 g/mol. The molecule has 0 aromatic heterocycles. The highest BCUT2D eigenvalue weighted by Gasteiger charge is 2.03. The Morgan fingerprint density at radius 3 is 2.82 bits per heavy atom. The van der Waals surface area contributed by atoms with E-state index in [0.29, 0.717) is 11.5 Å². The van der Waals surface area contributed by atoms with Crippen LogP contribution in [0.3, 0.4) is 0 Å². The summed E-state index contributed by atoms with van der Waals surface area (Å²) in [6.07, 6.45) is 6.08. The van der Waals surface area contributed by atoms with Crippen LogP contribution in [0.25, 0.3) is 0 Å². The zero-order valence-electron chi connectivity index (χ0n) is 11.0. The fourth-order valence-corrected chi connectivity index (χ4v) is 1.24. The van der Waals surface area contributed by atoms with Crippen molar-refractivity contribution >= 4 is 12.4 Å². The molecule has 2 N–H and O–H groups in total. The molecular formula is C13H23N3O. The zero-order chi connectivity index (χ0) is 13.1. The Morgan fingerprint density at radius 1 is 1.59 bits per heavy atom. The van der Waals surface area contributed by atoms with Crippen molar-refractivity contribution in [1.29, 1.82) is 5.41 Å². The molecule has 0 spiro atoms. The first-order chi connectivity index (χ1) is 8.13. The van der Waals surface area contributed by atoms with E-state index in [9.17, 15) is 0 Å². The predicted molar refractivity (Wildman–Crippen MR) is 73.9 cm³/mol. The maximum Gasteiger partial charge on any atom is 0.127 e. The summed E-state index contributed by atoms with van der Waals surface area (Å²) in [5.41, 5.74) is 0.402. The summed E-state index contributed by atoms with van der Waals surface area (Å²) in [4.78, 5) is 3.86. The number of allylic oxidation sites excluding steroid dienone is 3. The van der Waals surface area contributed by atoms with Gasteiger partial charge in [0.15, 0.2) is 0 Å². The second-order valence-corrected chi connectivity index (χ2v) is 3.67. The van der Waals surface area contributed by atoms with Crippen LogP contribution in [0, 0.1) is 5.41 Å².